The summed E-state index contributed by atoms with van der Waals surface area (Å²) in [6, 6.07) is 1.17. The Morgan fingerprint density at radius 2 is 2.03 bits per heavy atom. The summed E-state index contributed by atoms with van der Waals surface area (Å²) in [6.45, 7) is 13.7. The summed E-state index contributed by atoms with van der Waals surface area (Å²) in [7, 11) is 0. The number of fused-ring (bicyclic) bond motifs is 1. The highest BCUT2D eigenvalue weighted by Crippen LogP contribution is 2.73. The Morgan fingerprint density at radius 1 is 1.23 bits per heavy atom. The molecule has 0 aromatic rings. The van der Waals surface area contributed by atoms with Gasteiger partial charge < -0.3 is 5.32 Å². The van der Waals surface area contributed by atoms with Crippen LogP contribution in [0.1, 0.15) is 105 Å². The highest BCUT2D eigenvalue weighted by atomic mass is 127. The number of hydrogen-bond donors (Lipinski definition) is 1. The van der Waals surface area contributed by atoms with Crippen LogP contribution >= 0.6 is 22.6 Å². The maximum atomic E-state index is 4.14. The van der Waals surface area contributed by atoms with Crippen molar-refractivity contribution in [2.45, 2.75) is 120 Å². The minimum atomic E-state index is 0.357. The Kier molecular flexibility index (Phi) is 7.57. The fourth-order valence-electron chi connectivity index (χ4n) is 8.10. The van der Waals surface area contributed by atoms with Gasteiger partial charge in [-0.05, 0) is 99.7 Å². The lowest BCUT2D eigenvalue weighted by Gasteiger charge is -2.54. The van der Waals surface area contributed by atoms with Crippen molar-refractivity contribution in [2.24, 2.45) is 34.5 Å². The average Bonchev–Trinajstić information content (AvgIpc) is 3.71. The largest absolute Gasteiger partial charge is 0.307 e. The molecule has 0 aromatic heterocycles. The molecule has 5 unspecified atom stereocenters. The van der Waals surface area contributed by atoms with Crippen molar-refractivity contribution in [3.05, 3.63) is 48.1 Å². The first kappa shape index (κ1) is 26.3. The molecule has 0 spiro atoms. The molecule has 0 bridgehead atoms. The van der Waals surface area contributed by atoms with Crippen LogP contribution in [0.25, 0.3) is 0 Å². The zero-order valence-electron chi connectivity index (χ0n) is 22.9. The average molecular weight is 588 g/mol. The van der Waals surface area contributed by atoms with Crippen LogP contribution in [-0.4, -0.2) is 15.5 Å². The zero-order valence-corrected chi connectivity index (χ0v) is 25.1. The third-order valence-electron chi connectivity index (χ3n) is 10.4. The predicted molar refractivity (Wildman–Crippen MR) is 160 cm³/mol. The second-order valence-electron chi connectivity index (χ2n) is 13.9. The van der Waals surface area contributed by atoms with Gasteiger partial charge in [-0.25, -0.2) is 0 Å². The van der Waals surface area contributed by atoms with Crippen molar-refractivity contribution < 1.29 is 0 Å². The van der Waals surface area contributed by atoms with E-state index in [1.165, 1.54) is 77.0 Å². The summed E-state index contributed by atoms with van der Waals surface area (Å²) >= 11 is 2.84. The topological polar surface area (TPSA) is 12.0 Å². The number of rotatable bonds is 9. The Labute approximate surface area is 229 Å². The van der Waals surface area contributed by atoms with Gasteiger partial charge in [0.1, 0.15) is 0 Å². The fraction of sp³-hybridized carbons (Fsp3) is 0.758. The van der Waals surface area contributed by atoms with Gasteiger partial charge in [-0.15, -0.1) is 6.58 Å². The summed E-state index contributed by atoms with van der Waals surface area (Å²) in [5, 5.41) is 4.14. The third-order valence-corrected chi connectivity index (χ3v) is 12.2. The molecule has 5 aliphatic carbocycles. The van der Waals surface area contributed by atoms with Gasteiger partial charge in [-0.1, -0.05) is 98.2 Å². The smallest absolute Gasteiger partial charge is 0.0363 e. The van der Waals surface area contributed by atoms with E-state index in [-0.39, 0.29) is 0 Å². The zero-order chi connectivity index (χ0) is 24.8. The Balaban J connectivity index is 1.18. The highest BCUT2D eigenvalue weighted by Gasteiger charge is 2.66. The van der Waals surface area contributed by atoms with E-state index in [2.05, 4.69) is 92.6 Å². The highest BCUT2D eigenvalue weighted by molar-refractivity contribution is 14.1. The van der Waals surface area contributed by atoms with Gasteiger partial charge in [0.2, 0.25) is 0 Å². The number of alkyl halides is 1. The first-order valence-electron chi connectivity index (χ1n) is 14.8. The van der Waals surface area contributed by atoms with E-state index >= 15 is 0 Å². The molecule has 2 heteroatoms. The predicted octanol–water partition coefficient (Wildman–Crippen LogP) is 9.35. The van der Waals surface area contributed by atoms with E-state index in [4.69, 9.17) is 0 Å². The summed E-state index contributed by atoms with van der Waals surface area (Å²) < 4.78 is 0.445. The van der Waals surface area contributed by atoms with E-state index in [1.54, 1.807) is 11.1 Å². The van der Waals surface area contributed by atoms with E-state index < -0.39 is 0 Å². The van der Waals surface area contributed by atoms with Crippen molar-refractivity contribution in [2.75, 3.05) is 0 Å². The molecule has 0 aromatic carbocycles. The van der Waals surface area contributed by atoms with Gasteiger partial charge in [0.15, 0.2) is 0 Å². The van der Waals surface area contributed by atoms with E-state index in [0.29, 0.717) is 32.3 Å². The van der Waals surface area contributed by atoms with E-state index in [0.717, 1.165) is 17.8 Å². The van der Waals surface area contributed by atoms with Crippen LogP contribution in [-0.2, 0) is 0 Å². The quantitative estimate of drug-likeness (QED) is 0.161. The molecule has 3 fully saturated rings. The maximum Gasteiger partial charge on any atom is 0.0363 e. The Hall–Kier alpha value is -0.350. The molecule has 0 radical (unpaired) electrons. The molecule has 3 saturated carbocycles. The maximum absolute atomic E-state index is 4.14. The lowest BCUT2D eigenvalue weighted by Crippen LogP contribution is -2.50. The molecule has 5 aliphatic rings. The van der Waals surface area contributed by atoms with E-state index in [1.807, 2.05) is 0 Å². The minimum absolute atomic E-state index is 0.357. The van der Waals surface area contributed by atoms with Gasteiger partial charge in [-0.3, -0.25) is 0 Å². The number of hydrogen-bond acceptors (Lipinski definition) is 1. The normalized spacial score (nSPS) is 42.5. The standard InChI is InChI=1S/C33H50IN/c1-6-9-24(7-2)18-26-19-29(26)25-12-14-28(15-13-25)35-30-16-17-32(33(34)21-31(4,5)22-33)20-27(32)11-8-10-23(30)3/h6,11-12,16-17,23-24,26,28-30,35H,1,7-10,13-15,18-22H2,2-5H3/b17-16-,27-11+/t23?,24?,26?,28?,29-,30-,32?/m1/s1. The van der Waals surface area contributed by atoms with Crippen LogP contribution in [0.5, 0.6) is 0 Å². The summed E-state index contributed by atoms with van der Waals surface area (Å²) in [6.07, 6.45) is 28.5. The van der Waals surface area contributed by atoms with Gasteiger partial charge in [0.25, 0.3) is 0 Å². The Bertz CT molecular complexity index is 885. The van der Waals surface area contributed by atoms with Crippen molar-refractivity contribution in [1.82, 2.24) is 5.32 Å². The first-order valence-corrected chi connectivity index (χ1v) is 15.9. The van der Waals surface area contributed by atoms with Crippen LogP contribution in [0, 0.1) is 34.5 Å². The minimum Gasteiger partial charge on any atom is -0.307 e. The van der Waals surface area contributed by atoms with Crippen molar-refractivity contribution in [1.29, 1.82) is 0 Å². The van der Waals surface area contributed by atoms with E-state index in [9.17, 15) is 0 Å². The van der Waals surface area contributed by atoms with Crippen LogP contribution in [0.4, 0.5) is 0 Å². The lowest BCUT2D eigenvalue weighted by molar-refractivity contribution is 0.105. The van der Waals surface area contributed by atoms with Gasteiger partial charge in [0.05, 0.1) is 0 Å². The molecule has 7 atom stereocenters. The second kappa shape index (κ2) is 10.1. The van der Waals surface area contributed by atoms with Crippen LogP contribution in [0.3, 0.4) is 0 Å². The molecule has 0 aliphatic heterocycles. The monoisotopic (exact) mass is 587 g/mol. The molecule has 35 heavy (non-hydrogen) atoms. The first-order chi connectivity index (χ1) is 16.7. The van der Waals surface area contributed by atoms with Crippen molar-refractivity contribution in [3.8, 4) is 0 Å². The molecule has 0 amide bonds. The van der Waals surface area contributed by atoms with Gasteiger partial charge in [0, 0.05) is 20.9 Å². The summed E-state index contributed by atoms with van der Waals surface area (Å²) in [5.41, 5.74) is 4.42. The van der Waals surface area contributed by atoms with Crippen LogP contribution < -0.4 is 5.32 Å². The molecule has 0 saturated heterocycles. The number of halogens is 1. The number of allylic oxidation sites excluding steroid dienone is 5. The number of nitrogens with one attached hydrogen (secondary N) is 1. The van der Waals surface area contributed by atoms with Crippen molar-refractivity contribution in [3.63, 3.8) is 0 Å². The van der Waals surface area contributed by atoms with Crippen molar-refractivity contribution >= 4 is 22.6 Å². The summed E-state index contributed by atoms with van der Waals surface area (Å²) in [5.74, 6) is 3.43. The SMILES string of the molecule is C=CCC(CC)CC1C[C@@H]1C1=CCC(N[C@@H]2/C=C\C3(C4(I)CC(C)(C)C4)C/C3=C\CCC2C)CC1. The van der Waals surface area contributed by atoms with Crippen LogP contribution in [0.2, 0.25) is 0 Å². The molecule has 0 heterocycles. The van der Waals surface area contributed by atoms with Gasteiger partial charge >= 0.3 is 0 Å². The summed E-state index contributed by atoms with van der Waals surface area (Å²) in [4.78, 5) is 0. The molecule has 5 rings (SSSR count). The molecule has 1 nitrogen and oxygen atoms in total. The molecule has 1 N–H and O–H groups in total. The second-order valence-corrected chi connectivity index (χ2v) is 15.9. The fourth-order valence-corrected chi connectivity index (χ4v) is 10.9. The van der Waals surface area contributed by atoms with Gasteiger partial charge in [-0.2, -0.15) is 0 Å². The molecule has 194 valence electrons. The molecular formula is C33H50IN. The van der Waals surface area contributed by atoms with Crippen LogP contribution in [0.15, 0.2) is 48.1 Å². The third kappa shape index (κ3) is 5.45. The Morgan fingerprint density at radius 3 is 2.69 bits per heavy atom. The molecular weight excluding hydrogens is 537 g/mol. The lowest BCUT2D eigenvalue weighted by atomic mass is 9.58.